The molecule has 204 valence electrons. The minimum Gasteiger partial charge on any atom is -0.464 e. The van der Waals surface area contributed by atoms with E-state index in [1.165, 1.54) is 0 Å². The average molecular weight is 545 g/mol. The van der Waals surface area contributed by atoms with Crippen molar-refractivity contribution in [2.75, 3.05) is 11.9 Å². The number of allylic oxidation sites excluding steroid dienone is 2. The molecule has 1 spiro atoms. The van der Waals surface area contributed by atoms with Crippen LogP contribution in [0.1, 0.15) is 58.4 Å². The second-order valence-corrected chi connectivity index (χ2v) is 12.2. The zero-order chi connectivity index (χ0) is 27.4. The van der Waals surface area contributed by atoms with Crippen molar-refractivity contribution in [3.05, 3.63) is 71.2 Å². The maximum absolute atomic E-state index is 13.3. The molecule has 1 aromatic carbocycles. The molecule has 8 heteroatoms. The Morgan fingerprint density at radius 2 is 1.82 bits per heavy atom. The summed E-state index contributed by atoms with van der Waals surface area (Å²) in [6, 6.07) is 11.4. The summed E-state index contributed by atoms with van der Waals surface area (Å²) in [6.07, 6.45) is 10.7. The van der Waals surface area contributed by atoms with Crippen molar-refractivity contribution in [1.29, 1.82) is 0 Å². The number of esters is 1. The van der Waals surface area contributed by atoms with E-state index in [0.29, 0.717) is 13.0 Å². The molecule has 0 amide bonds. The Hall–Kier alpha value is -3.39. The second-order valence-electron chi connectivity index (χ2n) is 10.6. The van der Waals surface area contributed by atoms with Crippen LogP contribution in [0, 0.1) is 5.41 Å². The van der Waals surface area contributed by atoms with Gasteiger partial charge < -0.3 is 15.4 Å². The summed E-state index contributed by atoms with van der Waals surface area (Å²) >= 11 is 1.60. The predicted molar refractivity (Wildman–Crippen MR) is 157 cm³/mol. The lowest BCUT2D eigenvalue weighted by Crippen LogP contribution is -2.54. The van der Waals surface area contributed by atoms with Crippen LogP contribution in [0.3, 0.4) is 0 Å². The standard InChI is InChI=1S/C31H36N4O3S/c1-4-38-30(37)25(35-27-26(39-20(2)3)28(36)31(27)14-6-5-7-15-31)18-21-8-10-23(11-9-21)34-29-24-19-32-16-12-22(24)13-17-33-29/h8-13,16-17,19-20,25,35H,4-7,14-15,18H2,1-3H3,(H,33,34)/t25-/m0/s1. The van der Waals surface area contributed by atoms with Gasteiger partial charge in [-0.05, 0) is 55.0 Å². The van der Waals surface area contributed by atoms with Crippen molar-refractivity contribution >= 4 is 45.8 Å². The number of hydrogen-bond acceptors (Lipinski definition) is 8. The lowest BCUT2D eigenvalue weighted by Gasteiger charge is -2.47. The van der Waals surface area contributed by atoms with Gasteiger partial charge in [0.2, 0.25) is 0 Å². The monoisotopic (exact) mass is 544 g/mol. The fourth-order valence-electron chi connectivity index (χ4n) is 5.60. The number of carbonyl (C=O) groups is 2. The Labute approximate surface area is 234 Å². The van der Waals surface area contributed by atoms with Crippen LogP contribution < -0.4 is 10.6 Å². The Kier molecular flexibility index (Phi) is 8.21. The number of rotatable bonds is 10. The first-order chi connectivity index (χ1) is 18.9. The number of nitrogens with zero attached hydrogens (tertiary/aromatic N) is 2. The van der Waals surface area contributed by atoms with Crippen LogP contribution in [-0.4, -0.2) is 39.6 Å². The number of benzene rings is 1. The molecule has 0 saturated heterocycles. The van der Waals surface area contributed by atoms with Gasteiger partial charge in [0.25, 0.3) is 0 Å². The number of hydrogen-bond donors (Lipinski definition) is 2. The quantitative estimate of drug-likeness (QED) is 0.286. The Morgan fingerprint density at radius 1 is 1.08 bits per heavy atom. The number of Topliss-reactive ketones (excluding diaryl/α,β-unsaturated/α-hetero) is 1. The molecule has 0 bridgehead atoms. The summed E-state index contributed by atoms with van der Waals surface area (Å²) in [5, 5.41) is 9.22. The maximum atomic E-state index is 13.3. The van der Waals surface area contributed by atoms with Gasteiger partial charge in [-0.15, -0.1) is 11.8 Å². The van der Waals surface area contributed by atoms with Gasteiger partial charge in [-0.3, -0.25) is 9.78 Å². The molecule has 0 aliphatic heterocycles. The van der Waals surface area contributed by atoms with Gasteiger partial charge in [0.1, 0.15) is 11.9 Å². The number of anilines is 2. The summed E-state index contributed by atoms with van der Waals surface area (Å²) in [5.41, 5.74) is 2.39. The number of carbonyl (C=O) groups excluding carboxylic acids is 2. The summed E-state index contributed by atoms with van der Waals surface area (Å²) in [5.74, 6) is 0.700. The highest BCUT2D eigenvalue weighted by Gasteiger charge is 2.54. The number of nitrogens with one attached hydrogen (secondary N) is 2. The number of thioether (sulfide) groups is 1. The predicted octanol–water partition coefficient (Wildman–Crippen LogP) is 6.32. The number of ether oxygens (including phenoxy) is 1. The number of aromatic nitrogens is 2. The largest absolute Gasteiger partial charge is 0.464 e. The van der Waals surface area contributed by atoms with Gasteiger partial charge in [-0.1, -0.05) is 45.2 Å². The Morgan fingerprint density at radius 3 is 2.54 bits per heavy atom. The first-order valence-electron chi connectivity index (χ1n) is 13.9. The molecule has 7 nitrogen and oxygen atoms in total. The summed E-state index contributed by atoms with van der Waals surface area (Å²) in [7, 11) is 0. The molecular formula is C31H36N4O3S. The number of ketones is 1. The normalized spacial score (nSPS) is 17.3. The van der Waals surface area contributed by atoms with Crippen molar-refractivity contribution in [3.63, 3.8) is 0 Å². The SMILES string of the molecule is CCOC(=O)[C@H](Cc1ccc(Nc2nccc3ccncc23)cc1)NC1=C(SC(C)C)C(=O)C12CCCCC2. The molecule has 2 heterocycles. The van der Waals surface area contributed by atoms with E-state index < -0.39 is 11.5 Å². The molecule has 0 radical (unpaired) electrons. The zero-order valence-electron chi connectivity index (χ0n) is 22.8. The summed E-state index contributed by atoms with van der Waals surface area (Å²) in [4.78, 5) is 36.0. The van der Waals surface area contributed by atoms with Gasteiger partial charge in [-0.2, -0.15) is 0 Å². The van der Waals surface area contributed by atoms with Crippen molar-refractivity contribution in [2.45, 2.75) is 70.6 Å². The Bertz CT molecular complexity index is 1370. The molecule has 2 aliphatic carbocycles. The lowest BCUT2D eigenvalue weighted by atomic mass is 9.62. The van der Waals surface area contributed by atoms with E-state index in [0.717, 1.165) is 70.5 Å². The third kappa shape index (κ3) is 5.66. The molecule has 1 saturated carbocycles. The highest BCUT2D eigenvalue weighted by Crippen LogP contribution is 2.55. The highest BCUT2D eigenvalue weighted by atomic mass is 32.2. The molecule has 2 aromatic heterocycles. The van der Waals surface area contributed by atoms with Crippen LogP contribution in [0.4, 0.5) is 11.5 Å². The molecule has 2 aliphatic rings. The Balaban J connectivity index is 1.36. The van der Waals surface area contributed by atoms with Gasteiger partial charge in [-0.25, -0.2) is 9.78 Å². The molecule has 5 rings (SSSR count). The van der Waals surface area contributed by atoms with Crippen molar-refractivity contribution in [2.24, 2.45) is 5.41 Å². The van der Waals surface area contributed by atoms with E-state index in [2.05, 4.69) is 34.4 Å². The van der Waals surface area contributed by atoms with E-state index in [4.69, 9.17) is 4.74 Å². The van der Waals surface area contributed by atoms with Gasteiger partial charge >= 0.3 is 5.97 Å². The smallest absolute Gasteiger partial charge is 0.328 e. The fourth-order valence-corrected chi connectivity index (χ4v) is 6.75. The van der Waals surface area contributed by atoms with E-state index in [1.807, 2.05) is 43.3 Å². The van der Waals surface area contributed by atoms with Gasteiger partial charge in [0, 0.05) is 47.0 Å². The first-order valence-corrected chi connectivity index (χ1v) is 14.7. The summed E-state index contributed by atoms with van der Waals surface area (Å²) in [6.45, 7) is 6.32. The highest BCUT2D eigenvalue weighted by molar-refractivity contribution is 8.04. The minimum absolute atomic E-state index is 0.249. The zero-order valence-corrected chi connectivity index (χ0v) is 23.6. The molecule has 2 N–H and O–H groups in total. The molecule has 1 atom stereocenters. The molecule has 39 heavy (non-hydrogen) atoms. The molecule has 3 aromatic rings. The topological polar surface area (TPSA) is 93.2 Å². The lowest BCUT2D eigenvalue weighted by molar-refractivity contribution is -0.146. The van der Waals surface area contributed by atoms with Crippen LogP contribution in [0.2, 0.25) is 0 Å². The van der Waals surface area contributed by atoms with Crippen molar-refractivity contribution < 1.29 is 14.3 Å². The third-order valence-electron chi connectivity index (χ3n) is 7.52. The third-order valence-corrected chi connectivity index (χ3v) is 8.62. The molecule has 0 unspecified atom stereocenters. The van der Waals surface area contributed by atoms with Crippen LogP contribution in [0.5, 0.6) is 0 Å². The van der Waals surface area contributed by atoms with Crippen LogP contribution >= 0.6 is 11.8 Å². The van der Waals surface area contributed by atoms with Gasteiger partial charge in [0.15, 0.2) is 5.78 Å². The van der Waals surface area contributed by atoms with E-state index in [1.54, 1.807) is 30.4 Å². The van der Waals surface area contributed by atoms with Crippen LogP contribution in [0.15, 0.2) is 65.6 Å². The van der Waals surface area contributed by atoms with E-state index in [-0.39, 0.29) is 17.0 Å². The van der Waals surface area contributed by atoms with Crippen molar-refractivity contribution in [3.8, 4) is 0 Å². The number of fused-ring (bicyclic) bond motifs is 1. The van der Waals surface area contributed by atoms with Crippen molar-refractivity contribution in [1.82, 2.24) is 15.3 Å². The van der Waals surface area contributed by atoms with Gasteiger partial charge in [0.05, 0.1) is 16.9 Å². The molecular weight excluding hydrogens is 508 g/mol. The first kappa shape index (κ1) is 27.2. The molecule has 1 fully saturated rings. The second kappa shape index (κ2) is 11.8. The minimum atomic E-state index is -0.570. The van der Waals surface area contributed by atoms with Crippen LogP contribution in [-0.2, 0) is 20.7 Å². The fraction of sp³-hybridized carbons (Fsp3) is 0.419. The average Bonchev–Trinajstić information content (AvgIpc) is 2.95. The number of pyridine rings is 2. The summed E-state index contributed by atoms with van der Waals surface area (Å²) < 4.78 is 5.47. The van der Waals surface area contributed by atoms with E-state index >= 15 is 0 Å². The van der Waals surface area contributed by atoms with Crippen LogP contribution in [0.25, 0.3) is 10.8 Å². The maximum Gasteiger partial charge on any atom is 0.328 e. The van der Waals surface area contributed by atoms with E-state index in [9.17, 15) is 9.59 Å².